The lowest BCUT2D eigenvalue weighted by atomic mass is 9.92. The van der Waals surface area contributed by atoms with Gasteiger partial charge in [-0.1, -0.05) is 11.6 Å². The molecule has 4 aromatic rings. The molecule has 2 aromatic carbocycles. The highest BCUT2D eigenvalue weighted by Gasteiger charge is 2.18. The summed E-state index contributed by atoms with van der Waals surface area (Å²) in [5.41, 5.74) is 4.82. The third-order valence-corrected chi connectivity index (χ3v) is 7.91. The Kier molecular flexibility index (Phi) is 9.45. The van der Waals surface area contributed by atoms with Crippen molar-refractivity contribution in [3.05, 3.63) is 69.2 Å². The van der Waals surface area contributed by atoms with Gasteiger partial charge in [0.05, 0.1) is 24.6 Å². The molecule has 0 saturated heterocycles. The monoisotopic (exact) mass is 562 g/mol. The highest BCUT2D eigenvalue weighted by Crippen LogP contribution is 2.34. The summed E-state index contributed by atoms with van der Waals surface area (Å²) in [4.78, 5) is 17.4. The summed E-state index contributed by atoms with van der Waals surface area (Å²) in [6, 6.07) is 11.6. The summed E-state index contributed by atoms with van der Waals surface area (Å²) in [5, 5.41) is 10.7. The maximum absolute atomic E-state index is 12.5. The zero-order chi connectivity index (χ0) is 27.9. The number of hydrogen-bond acceptors (Lipinski definition) is 6. The van der Waals surface area contributed by atoms with E-state index in [1.165, 1.54) is 35.2 Å². The normalized spacial score (nSPS) is 13.0. The molecule has 0 spiro atoms. The van der Waals surface area contributed by atoms with E-state index in [2.05, 4.69) is 16.7 Å². The van der Waals surface area contributed by atoms with Gasteiger partial charge in [-0.3, -0.25) is 9.78 Å². The zero-order valence-electron chi connectivity index (χ0n) is 23.5. The number of pyridine rings is 2. The number of hydrogen-bond donors (Lipinski definition) is 2. The zero-order valence-corrected chi connectivity index (χ0v) is 24.3. The molecular formula is C32H39ClN4O3. The summed E-state index contributed by atoms with van der Waals surface area (Å²) in [7, 11) is 3.38. The van der Waals surface area contributed by atoms with E-state index in [-0.39, 0.29) is 5.56 Å². The van der Waals surface area contributed by atoms with Crippen LogP contribution in [0.5, 0.6) is 11.5 Å². The minimum absolute atomic E-state index is 0.0373. The maximum atomic E-state index is 12.5. The lowest BCUT2D eigenvalue weighted by Crippen LogP contribution is -2.20. The average molecular weight is 563 g/mol. The largest absolute Gasteiger partial charge is 0.493 e. The van der Waals surface area contributed by atoms with Crippen LogP contribution < -0.4 is 25.7 Å². The quantitative estimate of drug-likeness (QED) is 0.187. The molecule has 8 heteroatoms. The van der Waals surface area contributed by atoms with E-state index in [1.807, 2.05) is 24.3 Å². The molecule has 2 N–H and O–H groups in total. The van der Waals surface area contributed by atoms with Gasteiger partial charge in [0.1, 0.15) is 0 Å². The van der Waals surface area contributed by atoms with Crippen molar-refractivity contribution in [1.29, 1.82) is 0 Å². The van der Waals surface area contributed by atoms with Crippen molar-refractivity contribution in [3.63, 3.8) is 0 Å². The van der Waals surface area contributed by atoms with E-state index >= 15 is 0 Å². The summed E-state index contributed by atoms with van der Waals surface area (Å²) < 4.78 is 13.1. The van der Waals surface area contributed by atoms with E-state index in [0.29, 0.717) is 23.5 Å². The first kappa shape index (κ1) is 28.2. The van der Waals surface area contributed by atoms with E-state index in [4.69, 9.17) is 26.1 Å². The Hall–Kier alpha value is -3.29. The highest BCUT2D eigenvalue weighted by atomic mass is 35.5. The number of fused-ring (bicyclic) bond motifs is 3. The third-order valence-electron chi connectivity index (χ3n) is 7.68. The first-order valence-corrected chi connectivity index (χ1v) is 14.8. The lowest BCUT2D eigenvalue weighted by molar-refractivity contribution is 0.285. The number of benzene rings is 2. The van der Waals surface area contributed by atoms with Crippen LogP contribution in [0, 0.1) is 0 Å². The van der Waals surface area contributed by atoms with E-state index in [1.54, 1.807) is 31.0 Å². The molecule has 1 aliphatic carbocycles. The van der Waals surface area contributed by atoms with E-state index < -0.39 is 0 Å². The molecule has 0 saturated carbocycles. The molecule has 5 rings (SSSR count). The number of methoxy groups -OCH3 is 1. The molecule has 0 bridgehead atoms. The van der Waals surface area contributed by atoms with E-state index in [0.717, 1.165) is 74.1 Å². The molecule has 0 amide bonds. The molecule has 40 heavy (non-hydrogen) atoms. The number of aromatic nitrogens is 2. The highest BCUT2D eigenvalue weighted by molar-refractivity contribution is 6.31. The second-order valence-corrected chi connectivity index (χ2v) is 11.0. The number of aryl methyl sites for hydroxylation is 2. The molecule has 212 valence electrons. The Morgan fingerprint density at radius 2 is 1.80 bits per heavy atom. The molecule has 2 aromatic heterocycles. The van der Waals surface area contributed by atoms with Gasteiger partial charge in [0.25, 0.3) is 5.56 Å². The van der Waals surface area contributed by atoms with Crippen molar-refractivity contribution in [2.75, 3.05) is 38.7 Å². The fraction of sp³-hybridized carbons (Fsp3) is 0.438. The maximum Gasteiger partial charge on any atom is 0.258 e. The van der Waals surface area contributed by atoms with Crippen molar-refractivity contribution >= 4 is 39.0 Å². The lowest BCUT2D eigenvalue weighted by Gasteiger charge is -2.22. The Balaban J connectivity index is 1.02. The van der Waals surface area contributed by atoms with Crippen LogP contribution in [0.25, 0.3) is 21.7 Å². The summed E-state index contributed by atoms with van der Waals surface area (Å²) >= 11 is 6.25. The minimum atomic E-state index is -0.0373. The smallest absolute Gasteiger partial charge is 0.258 e. The van der Waals surface area contributed by atoms with Crippen LogP contribution in [-0.4, -0.2) is 42.9 Å². The number of nitrogens with zero attached hydrogens (tertiary/aromatic N) is 2. The topological polar surface area (TPSA) is 77.4 Å². The van der Waals surface area contributed by atoms with Crippen LogP contribution >= 0.6 is 11.6 Å². The van der Waals surface area contributed by atoms with Gasteiger partial charge >= 0.3 is 0 Å². The van der Waals surface area contributed by atoms with Crippen LogP contribution in [0.4, 0.5) is 5.69 Å². The molecule has 0 radical (unpaired) electrons. The van der Waals surface area contributed by atoms with Gasteiger partial charge in [0.15, 0.2) is 11.5 Å². The molecule has 0 atom stereocenters. The predicted molar refractivity (Wildman–Crippen MR) is 164 cm³/mol. The Morgan fingerprint density at radius 3 is 2.67 bits per heavy atom. The second-order valence-electron chi connectivity index (χ2n) is 10.5. The molecule has 0 unspecified atom stereocenters. The van der Waals surface area contributed by atoms with Gasteiger partial charge in [0, 0.05) is 41.6 Å². The van der Waals surface area contributed by atoms with Gasteiger partial charge < -0.3 is 24.7 Å². The molecule has 2 heterocycles. The summed E-state index contributed by atoms with van der Waals surface area (Å²) in [5.74, 6) is 1.27. The number of ether oxygens (including phenoxy) is 2. The summed E-state index contributed by atoms with van der Waals surface area (Å²) in [6.45, 7) is 3.48. The minimum Gasteiger partial charge on any atom is -0.493 e. The summed E-state index contributed by atoms with van der Waals surface area (Å²) in [6.07, 6.45) is 10.5. The molecule has 0 aliphatic heterocycles. The third kappa shape index (κ3) is 6.53. The van der Waals surface area contributed by atoms with Crippen LogP contribution in [0.3, 0.4) is 0 Å². The molecule has 1 aliphatic rings. The Bertz CT molecular complexity index is 1530. The van der Waals surface area contributed by atoms with Crippen molar-refractivity contribution in [2.45, 2.75) is 51.4 Å². The number of nitrogens with one attached hydrogen (secondary N) is 2. The number of anilines is 1. The first-order valence-electron chi connectivity index (χ1n) is 14.4. The van der Waals surface area contributed by atoms with Crippen molar-refractivity contribution in [1.82, 2.24) is 14.9 Å². The Labute approximate surface area is 240 Å². The Morgan fingerprint density at radius 1 is 0.950 bits per heavy atom. The fourth-order valence-electron chi connectivity index (χ4n) is 5.48. The van der Waals surface area contributed by atoms with Crippen molar-refractivity contribution < 1.29 is 9.47 Å². The van der Waals surface area contributed by atoms with Crippen molar-refractivity contribution in [2.24, 2.45) is 7.05 Å². The number of rotatable bonds is 13. The van der Waals surface area contributed by atoms with Crippen LogP contribution in [-0.2, 0) is 19.9 Å². The predicted octanol–water partition coefficient (Wildman–Crippen LogP) is 6.27. The van der Waals surface area contributed by atoms with Gasteiger partial charge in [-0.15, -0.1) is 0 Å². The van der Waals surface area contributed by atoms with Crippen LogP contribution in [0.15, 0.2) is 47.4 Å². The van der Waals surface area contributed by atoms with E-state index in [9.17, 15) is 4.79 Å². The average Bonchev–Trinajstić information content (AvgIpc) is 2.97. The fourth-order valence-corrected chi connectivity index (χ4v) is 5.65. The van der Waals surface area contributed by atoms with Crippen molar-refractivity contribution in [3.8, 4) is 11.5 Å². The van der Waals surface area contributed by atoms with Gasteiger partial charge in [-0.2, -0.15) is 0 Å². The number of halogens is 1. The van der Waals surface area contributed by atoms with Crippen LogP contribution in [0.2, 0.25) is 5.02 Å². The second kappa shape index (κ2) is 13.4. The van der Waals surface area contributed by atoms with Crippen LogP contribution in [0.1, 0.15) is 49.8 Å². The SMILES string of the molecule is COc1cc2ccn(C)c(=O)c2cc1OCCCCCNCCCNc1c2c(nc3cc(Cl)ccc13)CCCC2. The van der Waals surface area contributed by atoms with Gasteiger partial charge in [-0.25, -0.2) is 0 Å². The first-order chi connectivity index (χ1) is 19.5. The molecular weight excluding hydrogens is 524 g/mol. The van der Waals surface area contributed by atoms with Gasteiger partial charge in [0.2, 0.25) is 0 Å². The molecule has 0 fully saturated rings. The standard InChI is InChI=1S/C32H39ClN4O3/c1-37-17-13-22-19-29(39-2)30(21-26(22)32(37)38)40-18-7-3-6-14-34-15-8-16-35-31-24-9-4-5-10-27(24)36-28-20-23(33)11-12-25(28)31/h11-13,17,19-21,34H,3-10,14-16,18H2,1-2H3,(H,35,36). The number of unbranched alkanes of at least 4 members (excludes halogenated alkanes) is 2. The molecule has 7 nitrogen and oxygen atoms in total. The van der Waals surface area contributed by atoms with Gasteiger partial charge in [-0.05, 0) is 112 Å².